The molecule has 12 heavy (non-hydrogen) atoms. The molecule has 0 radical (unpaired) electrons. The molecule has 0 aliphatic rings. The Kier molecular flexibility index (Phi) is 2.74. The molecule has 1 N–H and O–H groups in total. The van der Waals surface area contributed by atoms with Crippen LogP contribution in [0.15, 0.2) is 18.5 Å². The van der Waals surface area contributed by atoms with Gasteiger partial charge in [-0.05, 0) is 11.6 Å². The molecule has 4 heteroatoms. The molecular formula is C8H9FN2O. The quantitative estimate of drug-likeness (QED) is 0.711. The van der Waals surface area contributed by atoms with E-state index in [1.165, 1.54) is 19.2 Å². The summed E-state index contributed by atoms with van der Waals surface area (Å²) in [6.45, 7) is 1.73. The molecule has 1 amide bonds. The second-order valence-corrected chi connectivity index (χ2v) is 2.42. The first-order valence-electron chi connectivity index (χ1n) is 3.52. The maximum atomic E-state index is 12.5. The fourth-order valence-corrected chi connectivity index (χ4v) is 0.779. The van der Waals surface area contributed by atoms with Gasteiger partial charge in [0.05, 0.1) is 6.20 Å². The number of hydrogen-bond donors (Lipinski definition) is 1. The Morgan fingerprint density at radius 2 is 2.42 bits per heavy atom. The predicted molar refractivity (Wildman–Crippen MR) is 41.7 cm³/mol. The normalized spacial score (nSPS) is 9.50. The molecule has 0 aliphatic carbocycles. The van der Waals surface area contributed by atoms with Gasteiger partial charge in [0, 0.05) is 19.7 Å². The Morgan fingerprint density at radius 1 is 1.67 bits per heavy atom. The van der Waals surface area contributed by atoms with E-state index in [-0.39, 0.29) is 5.91 Å². The van der Waals surface area contributed by atoms with Crippen LogP contribution < -0.4 is 5.32 Å². The molecule has 0 atom stereocenters. The van der Waals surface area contributed by atoms with E-state index in [0.29, 0.717) is 12.1 Å². The van der Waals surface area contributed by atoms with Gasteiger partial charge in [-0.15, -0.1) is 0 Å². The lowest BCUT2D eigenvalue weighted by Crippen LogP contribution is -2.18. The zero-order chi connectivity index (χ0) is 8.97. The van der Waals surface area contributed by atoms with Crippen molar-refractivity contribution >= 4 is 5.91 Å². The van der Waals surface area contributed by atoms with E-state index in [2.05, 4.69) is 10.3 Å². The van der Waals surface area contributed by atoms with Crippen LogP contribution in [0.2, 0.25) is 0 Å². The van der Waals surface area contributed by atoms with Gasteiger partial charge in [0.2, 0.25) is 5.91 Å². The van der Waals surface area contributed by atoms with Crippen LogP contribution in [0.3, 0.4) is 0 Å². The van der Waals surface area contributed by atoms with Crippen molar-refractivity contribution in [3.8, 4) is 0 Å². The third-order valence-electron chi connectivity index (χ3n) is 1.30. The zero-order valence-corrected chi connectivity index (χ0v) is 6.67. The highest BCUT2D eigenvalue weighted by Gasteiger charge is 1.96. The number of nitrogens with zero attached hydrogens (tertiary/aromatic N) is 1. The standard InChI is InChI=1S/C8H9FN2O/c1-6(12)11-4-7-2-8(9)5-10-3-7/h2-3,5H,4H2,1H3,(H,11,12). The van der Waals surface area contributed by atoms with Crippen LogP contribution in [0.25, 0.3) is 0 Å². The molecule has 1 aromatic heterocycles. The smallest absolute Gasteiger partial charge is 0.217 e. The molecule has 0 spiro atoms. The summed E-state index contributed by atoms with van der Waals surface area (Å²) in [5.74, 6) is -0.530. The molecule has 3 nitrogen and oxygen atoms in total. The molecule has 0 aliphatic heterocycles. The Morgan fingerprint density at radius 3 is 3.00 bits per heavy atom. The summed E-state index contributed by atoms with van der Waals surface area (Å²) in [6.07, 6.45) is 2.64. The van der Waals surface area contributed by atoms with Crippen molar-refractivity contribution < 1.29 is 9.18 Å². The number of nitrogens with one attached hydrogen (secondary N) is 1. The summed E-state index contributed by atoms with van der Waals surface area (Å²) in [5.41, 5.74) is 0.658. The number of aromatic nitrogens is 1. The van der Waals surface area contributed by atoms with Gasteiger partial charge in [-0.3, -0.25) is 9.78 Å². The summed E-state index contributed by atoms with van der Waals surface area (Å²) in [6, 6.07) is 1.34. The second-order valence-electron chi connectivity index (χ2n) is 2.42. The highest BCUT2D eigenvalue weighted by Crippen LogP contribution is 1.99. The highest BCUT2D eigenvalue weighted by molar-refractivity contribution is 5.72. The van der Waals surface area contributed by atoms with Gasteiger partial charge in [-0.25, -0.2) is 4.39 Å². The Balaban J connectivity index is 2.57. The highest BCUT2D eigenvalue weighted by atomic mass is 19.1. The Hall–Kier alpha value is -1.45. The van der Waals surface area contributed by atoms with Crippen LogP contribution in [0.4, 0.5) is 4.39 Å². The van der Waals surface area contributed by atoms with E-state index >= 15 is 0 Å². The number of hydrogen-bond acceptors (Lipinski definition) is 2. The number of halogens is 1. The van der Waals surface area contributed by atoms with Crippen molar-refractivity contribution in [1.82, 2.24) is 10.3 Å². The molecule has 0 unspecified atom stereocenters. The van der Waals surface area contributed by atoms with Crippen molar-refractivity contribution in [1.29, 1.82) is 0 Å². The van der Waals surface area contributed by atoms with E-state index in [0.717, 1.165) is 6.20 Å². The fourth-order valence-electron chi connectivity index (χ4n) is 0.779. The van der Waals surface area contributed by atoms with Crippen molar-refractivity contribution in [2.45, 2.75) is 13.5 Å². The minimum atomic E-state index is -0.391. The average Bonchev–Trinajstić information content (AvgIpc) is 2.01. The van der Waals surface area contributed by atoms with E-state index in [4.69, 9.17) is 0 Å². The van der Waals surface area contributed by atoms with Gasteiger partial charge >= 0.3 is 0 Å². The number of amides is 1. The van der Waals surface area contributed by atoms with Gasteiger partial charge in [-0.2, -0.15) is 0 Å². The summed E-state index contributed by atoms with van der Waals surface area (Å²) >= 11 is 0. The molecule has 1 rings (SSSR count). The van der Waals surface area contributed by atoms with Gasteiger partial charge in [0.1, 0.15) is 5.82 Å². The van der Waals surface area contributed by atoms with Crippen molar-refractivity contribution in [2.75, 3.05) is 0 Å². The lowest BCUT2D eigenvalue weighted by atomic mass is 10.3. The van der Waals surface area contributed by atoms with Crippen LogP contribution in [0, 0.1) is 5.82 Å². The maximum Gasteiger partial charge on any atom is 0.217 e. The van der Waals surface area contributed by atoms with Crippen LogP contribution in [0.1, 0.15) is 12.5 Å². The number of rotatable bonds is 2. The molecule has 0 saturated carbocycles. The maximum absolute atomic E-state index is 12.5. The zero-order valence-electron chi connectivity index (χ0n) is 6.67. The molecule has 0 aromatic carbocycles. The van der Waals surface area contributed by atoms with E-state index in [9.17, 15) is 9.18 Å². The first kappa shape index (κ1) is 8.64. The summed E-state index contributed by atoms with van der Waals surface area (Å²) in [5, 5.41) is 2.54. The number of pyridine rings is 1. The monoisotopic (exact) mass is 168 g/mol. The van der Waals surface area contributed by atoms with Crippen LogP contribution >= 0.6 is 0 Å². The lowest BCUT2D eigenvalue weighted by molar-refractivity contribution is -0.119. The largest absolute Gasteiger partial charge is 0.352 e. The molecule has 0 fully saturated rings. The number of carbonyl (C=O) groups is 1. The summed E-state index contributed by atoms with van der Waals surface area (Å²) in [4.78, 5) is 14.1. The SMILES string of the molecule is CC(=O)NCc1cncc(F)c1. The van der Waals surface area contributed by atoms with Crippen molar-refractivity contribution in [3.05, 3.63) is 29.8 Å². The van der Waals surface area contributed by atoms with Gasteiger partial charge in [0.25, 0.3) is 0 Å². The summed E-state index contributed by atoms with van der Waals surface area (Å²) < 4.78 is 12.5. The Bertz CT molecular complexity index is 288. The van der Waals surface area contributed by atoms with Crippen LogP contribution in [-0.4, -0.2) is 10.9 Å². The van der Waals surface area contributed by atoms with Crippen molar-refractivity contribution in [3.63, 3.8) is 0 Å². The molecular weight excluding hydrogens is 159 g/mol. The van der Waals surface area contributed by atoms with Crippen molar-refractivity contribution in [2.24, 2.45) is 0 Å². The first-order valence-corrected chi connectivity index (χ1v) is 3.52. The third kappa shape index (κ3) is 2.65. The minimum Gasteiger partial charge on any atom is -0.352 e. The van der Waals surface area contributed by atoms with Crippen LogP contribution in [-0.2, 0) is 11.3 Å². The third-order valence-corrected chi connectivity index (χ3v) is 1.30. The van der Waals surface area contributed by atoms with Crippen LogP contribution in [0.5, 0.6) is 0 Å². The molecule has 64 valence electrons. The van der Waals surface area contributed by atoms with E-state index < -0.39 is 5.82 Å². The predicted octanol–water partition coefficient (Wildman–Crippen LogP) is 0.857. The summed E-state index contributed by atoms with van der Waals surface area (Å²) in [7, 11) is 0. The fraction of sp³-hybridized carbons (Fsp3) is 0.250. The van der Waals surface area contributed by atoms with Gasteiger partial charge < -0.3 is 5.32 Å². The van der Waals surface area contributed by atoms with E-state index in [1.807, 2.05) is 0 Å². The molecule has 1 aromatic rings. The Labute approximate surface area is 69.6 Å². The van der Waals surface area contributed by atoms with Gasteiger partial charge in [0.15, 0.2) is 0 Å². The van der Waals surface area contributed by atoms with Gasteiger partial charge in [-0.1, -0.05) is 0 Å². The lowest BCUT2D eigenvalue weighted by Gasteiger charge is -2.00. The van der Waals surface area contributed by atoms with E-state index in [1.54, 1.807) is 0 Å². The molecule has 0 saturated heterocycles. The molecule has 0 bridgehead atoms. The molecule has 1 heterocycles. The average molecular weight is 168 g/mol. The topological polar surface area (TPSA) is 42.0 Å². The minimum absolute atomic E-state index is 0.140. The first-order chi connectivity index (χ1) is 5.68. The number of carbonyl (C=O) groups excluding carboxylic acids is 1. The second kappa shape index (κ2) is 3.80.